The highest BCUT2D eigenvalue weighted by atomic mass is 31.1. The predicted molar refractivity (Wildman–Crippen MR) is 199 cm³/mol. The fourth-order valence-corrected chi connectivity index (χ4v) is 8.03. The van der Waals surface area contributed by atoms with Crippen LogP contribution in [0.25, 0.3) is 0 Å². The molecule has 308 valence electrons. The Kier molecular flexibility index (Phi) is 13.2. The standard InChI is InChI=1S/C37H50F3N6O9P/c1-6-22-20-36(22,32(49)44-56(52)53-5)43-30(47)28-19-25(21-46(28)31(48)29(35(2,3)4)42-34(51)54-24-12-8-9-13-24)55-33(50)41-26-18-23(37(38,39)40)14-15-27(26)45-16-10-7-11-17-45/h6,14-15,18,22,24-25,28-29H,1,7-13,16-17,19-21H2,2-5H3,(H3-,41,42,43,44,47,49,50,51,52)/p+1/t22-,25-,28+,29-,36-/m1/s1. The molecule has 0 radical (unpaired) electrons. The molecule has 4 N–H and O–H groups in total. The molecule has 19 heteroatoms. The average Bonchev–Trinajstić information content (AvgIpc) is 3.40. The van der Waals surface area contributed by atoms with Crippen molar-refractivity contribution in [2.45, 2.75) is 115 Å². The Balaban J connectivity index is 1.39. The summed E-state index contributed by atoms with van der Waals surface area (Å²) >= 11 is 0. The summed E-state index contributed by atoms with van der Waals surface area (Å²) in [6.45, 7) is 9.67. The van der Waals surface area contributed by atoms with Crippen molar-refractivity contribution >= 4 is 49.5 Å². The maximum absolute atomic E-state index is 14.4. The number of ether oxygens (including phenoxy) is 2. The van der Waals surface area contributed by atoms with E-state index in [1.54, 1.807) is 20.8 Å². The maximum Gasteiger partial charge on any atom is 0.645 e. The summed E-state index contributed by atoms with van der Waals surface area (Å²) in [5.74, 6) is -2.85. The predicted octanol–water partition coefficient (Wildman–Crippen LogP) is 5.78. The molecule has 5 amide bonds. The number of nitrogens with zero attached hydrogens (tertiary/aromatic N) is 2. The Morgan fingerprint density at radius 3 is 2.23 bits per heavy atom. The molecule has 56 heavy (non-hydrogen) atoms. The molecule has 2 aliphatic heterocycles. The van der Waals surface area contributed by atoms with E-state index in [4.69, 9.17) is 9.47 Å². The lowest BCUT2D eigenvalue weighted by molar-refractivity contribution is -0.143. The molecule has 0 spiro atoms. The van der Waals surface area contributed by atoms with Gasteiger partial charge in [0.25, 0.3) is 5.91 Å². The highest BCUT2D eigenvalue weighted by Gasteiger charge is 2.62. The second-order valence-electron chi connectivity index (χ2n) is 15.8. The number of carbonyl (C=O) groups excluding carboxylic acids is 5. The first-order chi connectivity index (χ1) is 26.4. The van der Waals surface area contributed by atoms with E-state index in [2.05, 4.69) is 32.1 Å². The molecule has 0 bridgehead atoms. The number of hydrogen-bond acceptors (Lipinski definition) is 10. The van der Waals surface area contributed by atoms with Crippen molar-refractivity contribution in [2.24, 2.45) is 11.3 Å². The molecule has 1 aromatic rings. The Morgan fingerprint density at radius 2 is 1.64 bits per heavy atom. The normalized spacial score (nSPS) is 24.8. The molecule has 15 nitrogen and oxygen atoms in total. The third-order valence-electron chi connectivity index (χ3n) is 10.7. The van der Waals surface area contributed by atoms with Crippen molar-refractivity contribution < 1.29 is 55.7 Å². The molecule has 6 atom stereocenters. The Labute approximate surface area is 324 Å². The number of alkyl carbamates (subject to hydrolysis) is 1. The Morgan fingerprint density at radius 1 is 0.982 bits per heavy atom. The van der Waals surface area contributed by atoms with Crippen LogP contribution >= 0.6 is 8.18 Å². The third kappa shape index (κ3) is 10.1. The summed E-state index contributed by atoms with van der Waals surface area (Å²) in [6.07, 6.45) is -0.949. The highest BCUT2D eigenvalue weighted by Crippen LogP contribution is 2.46. The van der Waals surface area contributed by atoms with Crippen molar-refractivity contribution in [1.82, 2.24) is 20.6 Å². The van der Waals surface area contributed by atoms with Crippen LogP contribution in [0.1, 0.15) is 84.1 Å². The first-order valence-corrected chi connectivity index (χ1v) is 20.0. The molecule has 2 aliphatic carbocycles. The van der Waals surface area contributed by atoms with Gasteiger partial charge in [0.1, 0.15) is 29.8 Å². The number of halogens is 3. The van der Waals surface area contributed by atoms with E-state index >= 15 is 0 Å². The summed E-state index contributed by atoms with van der Waals surface area (Å²) in [5, 5.41) is 10.0. The van der Waals surface area contributed by atoms with Gasteiger partial charge >= 0.3 is 26.5 Å². The van der Waals surface area contributed by atoms with Gasteiger partial charge in [-0.3, -0.25) is 19.7 Å². The lowest BCUT2D eigenvalue weighted by Gasteiger charge is -2.35. The summed E-state index contributed by atoms with van der Waals surface area (Å²) in [6, 6.07) is 0.526. The van der Waals surface area contributed by atoms with Crippen LogP contribution in [-0.2, 0) is 39.1 Å². The topological polar surface area (TPSA) is 185 Å². The highest BCUT2D eigenvalue weighted by molar-refractivity contribution is 7.37. The zero-order valence-electron chi connectivity index (χ0n) is 32.0. The first kappa shape index (κ1) is 42.7. The number of piperidine rings is 1. The first-order valence-electron chi connectivity index (χ1n) is 18.8. The number of nitrogens with one attached hydrogen (secondary N) is 4. The van der Waals surface area contributed by atoms with Crippen LogP contribution in [0, 0.1) is 11.3 Å². The third-order valence-corrected chi connectivity index (χ3v) is 11.5. The second kappa shape index (κ2) is 17.4. The molecule has 1 aromatic carbocycles. The minimum atomic E-state index is -4.69. The summed E-state index contributed by atoms with van der Waals surface area (Å²) in [5.41, 5.74) is -3.17. The van der Waals surface area contributed by atoms with Crippen molar-refractivity contribution in [2.75, 3.05) is 37.0 Å². The Hall–Kier alpha value is -4.44. The fourth-order valence-electron chi connectivity index (χ4n) is 7.58. The van der Waals surface area contributed by atoms with E-state index < -0.39 is 84.9 Å². The van der Waals surface area contributed by atoms with Crippen LogP contribution in [0.15, 0.2) is 30.9 Å². The lowest BCUT2D eigenvalue weighted by atomic mass is 9.85. The minimum Gasteiger partial charge on any atom is -0.446 e. The van der Waals surface area contributed by atoms with E-state index in [0.717, 1.165) is 56.2 Å². The lowest BCUT2D eigenvalue weighted by Crippen LogP contribution is -2.59. The van der Waals surface area contributed by atoms with Crippen molar-refractivity contribution in [1.29, 1.82) is 0 Å². The minimum absolute atomic E-state index is 0.111. The van der Waals surface area contributed by atoms with Crippen molar-refractivity contribution in [3.8, 4) is 0 Å². The number of alkyl halides is 3. The average molecular weight is 812 g/mol. The number of likely N-dealkylation sites (tertiary alicyclic amines) is 1. The SMILES string of the molecule is C=C[C@@H]1C[C@]1(NC(=O)[C@@H]1C[C@@H](OC(=O)Nc2cc(C(F)(F)F)ccc2N2CCCCC2)CN1C(=O)[C@@H](NC(=O)OC1CCCC1)C(C)(C)C)C(=O)N[P+](=O)OC. The zero-order valence-corrected chi connectivity index (χ0v) is 32.9. The Bertz CT molecular complexity index is 1700. The molecule has 5 rings (SSSR count). The van der Waals surface area contributed by atoms with Crippen LogP contribution in [0.5, 0.6) is 0 Å². The van der Waals surface area contributed by atoms with Gasteiger partial charge in [0.15, 0.2) is 0 Å². The van der Waals surface area contributed by atoms with Crippen molar-refractivity contribution in [3.63, 3.8) is 0 Å². The molecule has 1 unspecified atom stereocenters. The number of carbonyl (C=O) groups is 5. The maximum atomic E-state index is 14.4. The molecular formula is C37H51F3N6O9P+. The summed E-state index contributed by atoms with van der Waals surface area (Å²) in [4.78, 5) is 71.3. The van der Waals surface area contributed by atoms with Gasteiger partial charge in [-0.2, -0.15) is 13.2 Å². The van der Waals surface area contributed by atoms with Crippen LogP contribution < -0.4 is 25.9 Å². The number of benzene rings is 1. The molecule has 2 heterocycles. The number of rotatable bonds is 12. The van der Waals surface area contributed by atoms with Gasteiger partial charge in [-0.25, -0.2) is 9.59 Å². The van der Waals surface area contributed by atoms with E-state index in [1.165, 1.54) is 12.1 Å². The van der Waals surface area contributed by atoms with Gasteiger partial charge in [0.2, 0.25) is 11.8 Å². The van der Waals surface area contributed by atoms with E-state index in [1.807, 2.05) is 4.90 Å². The summed E-state index contributed by atoms with van der Waals surface area (Å²) < 4.78 is 69.2. The van der Waals surface area contributed by atoms with Crippen molar-refractivity contribution in [3.05, 3.63) is 36.4 Å². The van der Waals surface area contributed by atoms with E-state index in [-0.39, 0.29) is 31.2 Å². The molecule has 2 saturated carbocycles. The van der Waals surface area contributed by atoms with Gasteiger partial charge in [-0.05, 0) is 79.5 Å². The van der Waals surface area contributed by atoms with E-state index in [0.29, 0.717) is 31.6 Å². The fraction of sp³-hybridized carbons (Fsp3) is 0.649. The number of anilines is 2. The largest absolute Gasteiger partial charge is 0.645 e. The second-order valence-corrected chi connectivity index (χ2v) is 16.9. The molecular weight excluding hydrogens is 760 g/mol. The van der Waals surface area contributed by atoms with Gasteiger partial charge in [0, 0.05) is 25.4 Å². The quantitative estimate of drug-likeness (QED) is 0.149. The van der Waals surface area contributed by atoms with Crippen LogP contribution in [0.2, 0.25) is 0 Å². The summed E-state index contributed by atoms with van der Waals surface area (Å²) in [7, 11) is -1.46. The van der Waals surface area contributed by atoms with Crippen LogP contribution in [-0.4, -0.2) is 91.4 Å². The van der Waals surface area contributed by atoms with Gasteiger partial charge < -0.3 is 29.9 Å². The smallest absolute Gasteiger partial charge is 0.446 e. The van der Waals surface area contributed by atoms with Gasteiger partial charge in [-0.1, -0.05) is 26.8 Å². The van der Waals surface area contributed by atoms with Gasteiger partial charge in [0.05, 0.1) is 30.6 Å². The zero-order chi connectivity index (χ0) is 41.0. The van der Waals surface area contributed by atoms with Crippen LogP contribution in [0.3, 0.4) is 0 Å². The molecule has 2 saturated heterocycles. The molecule has 4 aliphatic rings. The monoisotopic (exact) mass is 811 g/mol. The van der Waals surface area contributed by atoms with Gasteiger partial charge in [-0.15, -0.1) is 16.2 Å². The number of hydrogen-bond donors (Lipinski definition) is 4. The number of amides is 5. The van der Waals surface area contributed by atoms with Crippen LogP contribution in [0.4, 0.5) is 34.1 Å². The molecule has 4 fully saturated rings. The van der Waals surface area contributed by atoms with E-state index in [9.17, 15) is 41.7 Å². The molecule has 0 aromatic heterocycles.